The molecule has 0 aliphatic rings. The van der Waals surface area contributed by atoms with Gasteiger partial charge in [0.05, 0.1) is 7.11 Å². The quantitative estimate of drug-likeness (QED) is 0.559. The second kappa shape index (κ2) is 3.26. The maximum atomic E-state index is 11.0. The second-order valence-electron chi connectivity index (χ2n) is 2.38. The fraction of sp³-hybridized carbons (Fsp3) is 0.286. The Hall–Kier alpha value is -1.85. The summed E-state index contributed by atoms with van der Waals surface area (Å²) >= 11 is 0. The number of ether oxygens (including phenoxy) is 1. The van der Waals surface area contributed by atoms with E-state index in [1.807, 2.05) is 0 Å². The van der Waals surface area contributed by atoms with Gasteiger partial charge in [0.15, 0.2) is 0 Å². The first kappa shape index (κ1) is 9.24. The van der Waals surface area contributed by atoms with E-state index in [4.69, 9.17) is 0 Å². The van der Waals surface area contributed by atoms with Crippen LogP contribution in [0.15, 0.2) is 15.7 Å². The van der Waals surface area contributed by atoms with E-state index >= 15 is 0 Å². The second-order valence-corrected chi connectivity index (χ2v) is 2.38. The zero-order valence-electron chi connectivity index (χ0n) is 7.16. The molecule has 1 aromatic heterocycles. The van der Waals surface area contributed by atoms with Crippen molar-refractivity contribution in [2.24, 2.45) is 7.05 Å². The summed E-state index contributed by atoms with van der Waals surface area (Å²) in [5.41, 5.74) is -1.34. The fourth-order valence-corrected chi connectivity index (χ4v) is 0.775. The standard InChI is InChI=1S/C7H8N2O4/c1-9-5(10)3-4(6(11)13-2)8-7(9)12/h3H,1-2H3,(H,8,12). The molecule has 1 aromatic rings. The summed E-state index contributed by atoms with van der Waals surface area (Å²) in [6.07, 6.45) is 0. The molecular weight excluding hydrogens is 176 g/mol. The van der Waals surface area contributed by atoms with Crippen LogP contribution in [0.4, 0.5) is 0 Å². The molecule has 1 N–H and O–H groups in total. The van der Waals surface area contributed by atoms with E-state index in [1.54, 1.807) is 0 Å². The number of methoxy groups -OCH3 is 1. The molecule has 0 radical (unpaired) electrons. The van der Waals surface area contributed by atoms with Gasteiger partial charge >= 0.3 is 11.7 Å². The van der Waals surface area contributed by atoms with Crippen molar-refractivity contribution in [2.45, 2.75) is 0 Å². The summed E-state index contributed by atoms with van der Waals surface area (Å²) in [5.74, 6) is -0.741. The van der Waals surface area contributed by atoms with E-state index in [0.717, 1.165) is 17.7 Å². The zero-order chi connectivity index (χ0) is 10.0. The van der Waals surface area contributed by atoms with E-state index in [-0.39, 0.29) is 5.69 Å². The molecule has 0 saturated carbocycles. The third kappa shape index (κ3) is 1.66. The molecule has 13 heavy (non-hydrogen) atoms. The van der Waals surface area contributed by atoms with Crippen molar-refractivity contribution >= 4 is 5.97 Å². The van der Waals surface area contributed by atoms with Crippen LogP contribution in [0.1, 0.15) is 10.5 Å². The Morgan fingerprint density at radius 1 is 1.54 bits per heavy atom. The van der Waals surface area contributed by atoms with E-state index in [2.05, 4.69) is 9.72 Å². The van der Waals surface area contributed by atoms with Crippen LogP contribution in [0.5, 0.6) is 0 Å². The minimum Gasteiger partial charge on any atom is -0.464 e. The lowest BCUT2D eigenvalue weighted by Gasteiger charge is -1.99. The van der Waals surface area contributed by atoms with Crippen molar-refractivity contribution in [2.75, 3.05) is 7.11 Å². The molecule has 1 rings (SSSR count). The molecule has 0 saturated heterocycles. The molecule has 6 heteroatoms. The van der Waals surface area contributed by atoms with Crippen molar-refractivity contribution in [1.29, 1.82) is 0 Å². The van der Waals surface area contributed by atoms with Crippen molar-refractivity contribution < 1.29 is 9.53 Å². The molecule has 0 unspecified atom stereocenters. The number of carbonyl (C=O) groups excluding carboxylic acids is 1. The molecule has 0 aliphatic carbocycles. The molecule has 70 valence electrons. The number of aromatic amines is 1. The summed E-state index contributed by atoms with van der Waals surface area (Å²) < 4.78 is 5.18. The smallest absolute Gasteiger partial charge is 0.354 e. The number of hydrogen-bond acceptors (Lipinski definition) is 4. The highest BCUT2D eigenvalue weighted by Gasteiger charge is 2.08. The number of nitrogens with zero attached hydrogens (tertiary/aromatic N) is 1. The molecule has 0 fully saturated rings. The SMILES string of the molecule is COC(=O)c1cc(=O)n(C)c(=O)[nH]1. The van der Waals surface area contributed by atoms with Crippen LogP contribution in [0, 0.1) is 0 Å². The summed E-state index contributed by atoms with van der Waals surface area (Å²) in [5, 5.41) is 0. The summed E-state index contributed by atoms with van der Waals surface area (Å²) in [4.78, 5) is 35.1. The van der Waals surface area contributed by atoms with Crippen LogP contribution >= 0.6 is 0 Å². The van der Waals surface area contributed by atoms with Crippen LogP contribution in [0.3, 0.4) is 0 Å². The average Bonchev–Trinajstić information content (AvgIpc) is 2.12. The Bertz CT molecular complexity index is 411. The van der Waals surface area contributed by atoms with Gasteiger partial charge in [0.1, 0.15) is 5.69 Å². The predicted molar refractivity (Wildman–Crippen MR) is 43.6 cm³/mol. The largest absolute Gasteiger partial charge is 0.464 e. The Kier molecular flexibility index (Phi) is 2.32. The van der Waals surface area contributed by atoms with Crippen molar-refractivity contribution in [3.63, 3.8) is 0 Å². The summed E-state index contributed by atoms with van der Waals surface area (Å²) in [6, 6.07) is 1.01. The molecule has 6 nitrogen and oxygen atoms in total. The average molecular weight is 184 g/mol. The van der Waals surface area contributed by atoms with Gasteiger partial charge in [0, 0.05) is 13.1 Å². The zero-order valence-corrected chi connectivity index (χ0v) is 7.16. The highest BCUT2D eigenvalue weighted by Crippen LogP contribution is 1.88. The first-order chi connectivity index (χ1) is 6.06. The van der Waals surface area contributed by atoms with Crippen LogP contribution in [-0.4, -0.2) is 22.6 Å². The molecule has 0 aromatic carbocycles. The van der Waals surface area contributed by atoms with Gasteiger partial charge in [-0.3, -0.25) is 9.36 Å². The van der Waals surface area contributed by atoms with Gasteiger partial charge in [-0.05, 0) is 0 Å². The molecule has 0 amide bonds. The van der Waals surface area contributed by atoms with Gasteiger partial charge in [-0.25, -0.2) is 9.59 Å². The first-order valence-corrected chi connectivity index (χ1v) is 3.45. The van der Waals surface area contributed by atoms with Crippen molar-refractivity contribution in [3.05, 3.63) is 32.6 Å². The van der Waals surface area contributed by atoms with E-state index in [9.17, 15) is 14.4 Å². The van der Waals surface area contributed by atoms with Gasteiger partial charge in [0.2, 0.25) is 0 Å². The minimum absolute atomic E-state index is 0.143. The Morgan fingerprint density at radius 3 is 2.62 bits per heavy atom. The molecule has 0 bridgehead atoms. The minimum atomic E-state index is -0.741. The first-order valence-electron chi connectivity index (χ1n) is 3.45. The van der Waals surface area contributed by atoms with Crippen LogP contribution in [0.25, 0.3) is 0 Å². The van der Waals surface area contributed by atoms with E-state index < -0.39 is 17.2 Å². The van der Waals surface area contributed by atoms with E-state index in [0.29, 0.717) is 0 Å². The summed E-state index contributed by atoms with van der Waals surface area (Å²) in [7, 11) is 2.47. The van der Waals surface area contributed by atoms with Gasteiger partial charge in [-0.1, -0.05) is 0 Å². The maximum Gasteiger partial charge on any atom is 0.354 e. The molecule has 0 atom stereocenters. The van der Waals surface area contributed by atoms with Crippen LogP contribution < -0.4 is 11.2 Å². The van der Waals surface area contributed by atoms with Crippen molar-refractivity contribution in [3.8, 4) is 0 Å². The van der Waals surface area contributed by atoms with E-state index in [1.165, 1.54) is 7.05 Å². The summed E-state index contributed by atoms with van der Waals surface area (Å²) in [6.45, 7) is 0. The number of nitrogens with one attached hydrogen (secondary N) is 1. The Balaban J connectivity index is 3.38. The highest BCUT2D eigenvalue weighted by atomic mass is 16.5. The topological polar surface area (TPSA) is 81.2 Å². The van der Waals surface area contributed by atoms with Gasteiger partial charge in [0.25, 0.3) is 5.56 Å². The number of rotatable bonds is 1. The highest BCUT2D eigenvalue weighted by molar-refractivity contribution is 5.86. The third-order valence-electron chi connectivity index (χ3n) is 1.55. The molecule has 0 spiro atoms. The molecular formula is C7H8N2O4. The normalized spacial score (nSPS) is 9.69. The number of hydrogen-bond donors (Lipinski definition) is 1. The van der Waals surface area contributed by atoms with Gasteiger partial charge in [-0.15, -0.1) is 0 Å². The lowest BCUT2D eigenvalue weighted by molar-refractivity contribution is 0.0593. The van der Waals surface area contributed by atoms with Crippen LogP contribution in [0.2, 0.25) is 0 Å². The number of aromatic nitrogens is 2. The fourth-order valence-electron chi connectivity index (χ4n) is 0.775. The van der Waals surface area contributed by atoms with Crippen LogP contribution in [-0.2, 0) is 11.8 Å². The lowest BCUT2D eigenvalue weighted by atomic mass is 10.4. The van der Waals surface area contributed by atoms with Gasteiger partial charge in [-0.2, -0.15) is 0 Å². The van der Waals surface area contributed by atoms with Crippen molar-refractivity contribution in [1.82, 2.24) is 9.55 Å². The third-order valence-corrected chi connectivity index (χ3v) is 1.55. The molecule has 1 heterocycles. The monoisotopic (exact) mass is 184 g/mol. The maximum absolute atomic E-state index is 11.0. The Labute approximate surface area is 72.8 Å². The number of carbonyl (C=O) groups is 1. The lowest BCUT2D eigenvalue weighted by Crippen LogP contribution is -2.34. The van der Waals surface area contributed by atoms with Gasteiger partial charge < -0.3 is 9.72 Å². The Morgan fingerprint density at radius 2 is 2.15 bits per heavy atom. The molecule has 0 aliphatic heterocycles. The predicted octanol–water partition coefficient (Wildman–Crippen LogP) is -1.14. The number of esters is 1. The number of H-pyrrole nitrogens is 1.